The molecule has 0 spiro atoms. The van der Waals surface area contributed by atoms with Crippen LogP contribution in [-0.2, 0) is 16.0 Å². The maximum absolute atomic E-state index is 13.0. The van der Waals surface area contributed by atoms with Crippen molar-refractivity contribution >= 4 is 23.7 Å². The van der Waals surface area contributed by atoms with Crippen molar-refractivity contribution in [2.75, 3.05) is 25.0 Å². The van der Waals surface area contributed by atoms with Crippen LogP contribution in [0.15, 0.2) is 42.6 Å². The Kier molecular flexibility index (Phi) is 6.07. The minimum atomic E-state index is -0.289. The molecule has 30 heavy (non-hydrogen) atoms. The summed E-state index contributed by atoms with van der Waals surface area (Å²) in [4.78, 5) is 30.2. The maximum Gasteiger partial charge on any atom is 0.246 e. The SMILES string of the molecule is O=C1CCc2cc(/C=C/C(=O)N3CCCC(COc4ccc(F)cc4)C3)cnc2N1. The van der Waals surface area contributed by atoms with Crippen molar-refractivity contribution in [3.05, 3.63) is 59.5 Å². The number of likely N-dealkylation sites (tertiary alicyclic amines) is 1. The van der Waals surface area contributed by atoms with Gasteiger partial charge in [0.05, 0.1) is 6.61 Å². The smallest absolute Gasteiger partial charge is 0.246 e. The van der Waals surface area contributed by atoms with E-state index in [-0.39, 0.29) is 23.5 Å². The summed E-state index contributed by atoms with van der Waals surface area (Å²) in [5, 5.41) is 2.76. The lowest BCUT2D eigenvalue weighted by atomic mass is 9.99. The first-order valence-corrected chi connectivity index (χ1v) is 10.2. The van der Waals surface area contributed by atoms with E-state index in [1.807, 2.05) is 11.0 Å². The molecule has 2 aromatic rings. The first-order chi connectivity index (χ1) is 14.6. The van der Waals surface area contributed by atoms with Gasteiger partial charge >= 0.3 is 0 Å². The number of ether oxygens (including phenoxy) is 1. The summed E-state index contributed by atoms with van der Waals surface area (Å²) in [7, 11) is 0. The molecule has 4 rings (SSSR count). The largest absolute Gasteiger partial charge is 0.493 e. The van der Waals surface area contributed by atoms with Gasteiger partial charge in [0, 0.05) is 37.7 Å². The molecule has 1 fully saturated rings. The molecule has 2 aliphatic rings. The number of pyridine rings is 1. The molecule has 2 amide bonds. The van der Waals surface area contributed by atoms with Crippen LogP contribution < -0.4 is 10.1 Å². The van der Waals surface area contributed by atoms with Crippen LogP contribution in [0.3, 0.4) is 0 Å². The van der Waals surface area contributed by atoms with E-state index < -0.39 is 0 Å². The molecule has 1 atom stereocenters. The van der Waals surface area contributed by atoms with E-state index in [2.05, 4.69) is 10.3 Å². The highest BCUT2D eigenvalue weighted by atomic mass is 19.1. The second-order valence-electron chi connectivity index (χ2n) is 7.72. The normalized spacial score (nSPS) is 18.8. The predicted octanol–water partition coefficient (Wildman–Crippen LogP) is 3.44. The van der Waals surface area contributed by atoms with Crippen molar-refractivity contribution in [3.63, 3.8) is 0 Å². The number of rotatable bonds is 5. The van der Waals surface area contributed by atoms with Gasteiger partial charge in [-0.05, 0) is 66.8 Å². The zero-order valence-electron chi connectivity index (χ0n) is 16.6. The number of fused-ring (bicyclic) bond motifs is 1. The maximum atomic E-state index is 13.0. The van der Waals surface area contributed by atoms with Crippen LogP contribution in [0.4, 0.5) is 10.2 Å². The van der Waals surface area contributed by atoms with Crippen molar-refractivity contribution in [1.82, 2.24) is 9.88 Å². The molecule has 1 N–H and O–H groups in total. The van der Waals surface area contributed by atoms with Crippen LogP contribution in [-0.4, -0.2) is 41.4 Å². The highest BCUT2D eigenvalue weighted by Gasteiger charge is 2.23. The minimum absolute atomic E-state index is 0.0171. The van der Waals surface area contributed by atoms with E-state index in [1.54, 1.807) is 30.5 Å². The lowest BCUT2D eigenvalue weighted by Crippen LogP contribution is -2.40. The summed E-state index contributed by atoms with van der Waals surface area (Å²) >= 11 is 0. The van der Waals surface area contributed by atoms with Crippen molar-refractivity contribution in [1.29, 1.82) is 0 Å². The average molecular weight is 409 g/mol. The summed E-state index contributed by atoms with van der Waals surface area (Å²) in [6.45, 7) is 1.86. The summed E-state index contributed by atoms with van der Waals surface area (Å²) < 4.78 is 18.7. The highest BCUT2D eigenvalue weighted by Crippen LogP contribution is 2.22. The number of aromatic nitrogens is 1. The van der Waals surface area contributed by atoms with E-state index >= 15 is 0 Å². The third-order valence-electron chi connectivity index (χ3n) is 5.42. The molecule has 0 saturated carbocycles. The zero-order chi connectivity index (χ0) is 20.9. The monoisotopic (exact) mass is 409 g/mol. The predicted molar refractivity (Wildman–Crippen MR) is 111 cm³/mol. The molecular weight excluding hydrogens is 385 g/mol. The number of nitrogens with zero attached hydrogens (tertiary/aromatic N) is 2. The summed E-state index contributed by atoms with van der Waals surface area (Å²) in [6, 6.07) is 7.94. The zero-order valence-corrected chi connectivity index (χ0v) is 16.6. The molecule has 6 nitrogen and oxygen atoms in total. The molecule has 1 saturated heterocycles. The Morgan fingerprint density at radius 2 is 2.13 bits per heavy atom. The van der Waals surface area contributed by atoms with Gasteiger partial charge in [-0.25, -0.2) is 9.37 Å². The van der Waals surface area contributed by atoms with Crippen molar-refractivity contribution in [3.8, 4) is 5.75 Å². The van der Waals surface area contributed by atoms with Crippen LogP contribution in [0.5, 0.6) is 5.75 Å². The van der Waals surface area contributed by atoms with Crippen LogP contribution in [0.1, 0.15) is 30.4 Å². The second-order valence-corrected chi connectivity index (χ2v) is 7.72. The quantitative estimate of drug-likeness (QED) is 0.768. The fourth-order valence-corrected chi connectivity index (χ4v) is 3.78. The average Bonchev–Trinajstić information content (AvgIpc) is 2.77. The van der Waals surface area contributed by atoms with Crippen LogP contribution >= 0.6 is 0 Å². The lowest BCUT2D eigenvalue weighted by molar-refractivity contribution is -0.127. The van der Waals surface area contributed by atoms with Crippen LogP contribution in [0.2, 0.25) is 0 Å². The molecule has 156 valence electrons. The Labute approximate surface area is 174 Å². The van der Waals surface area contributed by atoms with Gasteiger partial charge in [-0.1, -0.05) is 0 Å². The van der Waals surface area contributed by atoms with Crippen molar-refractivity contribution in [2.24, 2.45) is 5.92 Å². The first kappa shape index (κ1) is 20.1. The summed E-state index contributed by atoms with van der Waals surface area (Å²) in [6.07, 6.45) is 8.04. The van der Waals surface area contributed by atoms with Gasteiger partial charge in [-0.3, -0.25) is 9.59 Å². The number of hydrogen-bond donors (Lipinski definition) is 1. The number of anilines is 1. The number of benzene rings is 1. The molecule has 1 unspecified atom stereocenters. The molecule has 7 heteroatoms. The van der Waals surface area contributed by atoms with Crippen molar-refractivity contribution in [2.45, 2.75) is 25.7 Å². The van der Waals surface area contributed by atoms with Gasteiger partial charge in [0.15, 0.2) is 0 Å². The van der Waals surface area contributed by atoms with E-state index in [4.69, 9.17) is 4.74 Å². The number of carbonyl (C=O) groups is 2. The van der Waals surface area contributed by atoms with Crippen LogP contribution in [0, 0.1) is 11.7 Å². The summed E-state index contributed by atoms with van der Waals surface area (Å²) in [5.41, 5.74) is 1.83. The Morgan fingerprint density at radius 1 is 1.30 bits per heavy atom. The van der Waals surface area contributed by atoms with Gasteiger partial charge < -0.3 is 15.0 Å². The molecule has 2 aliphatic heterocycles. The molecule has 1 aromatic carbocycles. The van der Waals surface area contributed by atoms with E-state index in [0.29, 0.717) is 37.6 Å². The Morgan fingerprint density at radius 3 is 2.97 bits per heavy atom. The van der Waals surface area contributed by atoms with Crippen LogP contribution in [0.25, 0.3) is 6.08 Å². The molecule has 0 aliphatic carbocycles. The van der Waals surface area contributed by atoms with E-state index in [9.17, 15) is 14.0 Å². The number of halogens is 1. The Hall–Kier alpha value is -3.22. The van der Waals surface area contributed by atoms with Crippen molar-refractivity contribution < 1.29 is 18.7 Å². The van der Waals surface area contributed by atoms with E-state index in [1.165, 1.54) is 12.1 Å². The summed E-state index contributed by atoms with van der Waals surface area (Å²) in [5.74, 6) is 1.15. The number of aryl methyl sites for hydroxylation is 1. The molecule has 3 heterocycles. The Bertz CT molecular complexity index is 959. The second kappa shape index (κ2) is 9.07. The molecular formula is C23H24FN3O3. The van der Waals surface area contributed by atoms with E-state index in [0.717, 1.165) is 30.5 Å². The van der Waals surface area contributed by atoms with Gasteiger partial charge in [0.1, 0.15) is 17.4 Å². The standard InChI is InChI=1S/C23H24FN3O3/c24-19-5-7-20(8-6-19)30-15-17-2-1-11-27(14-17)22(29)10-3-16-12-18-4-9-21(28)26-23(18)25-13-16/h3,5-8,10,12-13,17H,1-2,4,9,11,14-15H2,(H,25,26,28)/b10-3+. The molecule has 0 radical (unpaired) electrons. The fourth-order valence-electron chi connectivity index (χ4n) is 3.78. The highest BCUT2D eigenvalue weighted by molar-refractivity contribution is 5.93. The number of piperidine rings is 1. The fraction of sp³-hybridized carbons (Fsp3) is 0.348. The topological polar surface area (TPSA) is 71.5 Å². The lowest BCUT2D eigenvalue weighted by Gasteiger charge is -2.32. The molecule has 1 aromatic heterocycles. The van der Waals surface area contributed by atoms with Gasteiger partial charge in [0.2, 0.25) is 11.8 Å². The number of amides is 2. The van der Waals surface area contributed by atoms with Gasteiger partial charge in [0.25, 0.3) is 0 Å². The minimum Gasteiger partial charge on any atom is -0.493 e. The number of hydrogen-bond acceptors (Lipinski definition) is 4. The third-order valence-corrected chi connectivity index (χ3v) is 5.42. The van der Waals surface area contributed by atoms with Gasteiger partial charge in [-0.15, -0.1) is 0 Å². The third kappa shape index (κ3) is 5.03. The number of nitrogens with one attached hydrogen (secondary N) is 1. The molecule has 0 bridgehead atoms. The first-order valence-electron chi connectivity index (χ1n) is 10.2. The van der Waals surface area contributed by atoms with Gasteiger partial charge in [-0.2, -0.15) is 0 Å². The number of carbonyl (C=O) groups excluding carboxylic acids is 2. The Balaban J connectivity index is 1.31.